The van der Waals surface area contributed by atoms with Crippen molar-refractivity contribution < 1.29 is 23.1 Å². The molecule has 0 bridgehead atoms. The summed E-state index contributed by atoms with van der Waals surface area (Å²) < 4.78 is 34.0. The van der Waals surface area contributed by atoms with Gasteiger partial charge in [0.15, 0.2) is 17.1 Å². The van der Waals surface area contributed by atoms with Crippen LogP contribution in [0.15, 0.2) is 58.0 Å². The maximum atomic E-state index is 14.2. The number of aromatic carboxylic acids is 1. The van der Waals surface area contributed by atoms with Gasteiger partial charge in [0.1, 0.15) is 16.9 Å². The Morgan fingerprint density at radius 1 is 1.18 bits per heavy atom. The number of halogens is 2. The maximum Gasteiger partial charge on any atom is 0.340 e. The zero-order chi connectivity index (χ0) is 23.9. The first-order valence-electron chi connectivity index (χ1n) is 10.1. The highest BCUT2D eigenvalue weighted by molar-refractivity contribution is 5.95. The first-order valence-corrected chi connectivity index (χ1v) is 10.1. The van der Waals surface area contributed by atoms with Crippen molar-refractivity contribution in [1.29, 1.82) is 0 Å². The second-order valence-electron chi connectivity index (χ2n) is 7.81. The van der Waals surface area contributed by atoms with Crippen LogP contribution in [-0.2, 0) is 0 Å². The van der Waals surface area contributed by atoms with E-state index in [1.54, 1.807) is 50.5 Å². The van der Waals surface area contributed by atoms with Crippen molar-refractivity contribution in [1.82, 2.24) is 4.98 Å². The number of pyridine rings is 1. The molecule has 33 heavy (non-hydrogen) atoms. The Bertz CT molecular complexity index is 1450. The van der Waals surface area contributed by atoms with Crippen LogP contribution >= 0.6 is 0 Å². The van der Waals surface area contributed by atoms with Gasteiger partial charge in [-0.3, -0.25) is 9.78 Å². The number of anilines is 1. The van der Waals surface area contributed by atoms with Gasteiger partial charge in [0, 0.05) is 29.1 Å². The highest BCUT2D eigenvalue weighted by Crippen LogP contribution is 2.33. The van der Waals surface area contributed by atoms with Crippen LogP contribution in [0.3, 0.4) is 0 Å². The maximum absolute atomic E-state index is 14.2. The number of benzene rings is 2. The number of fused-ring (bicyclic) bond motifs is 1. The summed E-state index contributed by atoms with van der Waals surface area (Å²) in [6.07, 6.45) is 3.20. The number of aromatic nitrogens is 1. The van der Waals surface area contributed by atoms with Crippen LogP contribution in [0.2, 0.25) is 0 Å². The Morgan fingerprint density at radius 2 is 1.94 bits per heavy atom. The molecule has 8 heteroatoms. The summed E-state index contributed by atoms with van der Waals surface area (Å²) in [6, 6.07) is 8.44. The largest absolute Gasteiger partial charge is 0.478 e. The molecule has 2 aromatic carbocycles. The zero-order valence-corrected chi connectivity index (χ0v) is 18.1. The summed E-state index contributed by atoms with van der Waals surface area (Å²) in [5, 5.41) is 12.7. The van der Waals surface area contributed by atoms with Gasteiger partial charge < -0.3 is 14.8 Å². The second-order valence-corrected chi connectivity index (χ2v) is 7.81. The molecule has 168 valence electrons. The fourth-order valence-corrected chi connectivity index (χ4v) is 3.85. The minimum atomic E-state index is -1.60. The fourth-order valence-electron chi connectivity index (χ4n) is 3.85. The molecule has 0 amide bonds. The average molecular weight is 450 g/mol. The van der Waals surface area contributed by atoms with Crippen molar-refractivity contribution in [3.8, 4) is 11.3 Å². The highest BCUT2D eigenvalue weighted by Gasteiger charge is 2.23. The number of rotatable bonds is 5. The molecule has 0 saturated carbocycles. The molecular formula is C25H20F2N2O4. The molecule has 1 atom stereocenters. The van der Waals surface area contributed by atoms with Crippen molar-refractivity contribution in [3.05, 3.63) is 92.9 Å². The summed E-state index contributed by atoms with van der Waals surface area (Å²) in [7, 11) is 0. The average Bonchev–Trinajstić information content (AvgIpc) is 2.79. The summed E-state index contributed by atoms with van der Waals surface area (Å²) in [5.41, 5.74) is 1.64. The van der Waals surface area contributed by atoms with E-state index in [0.717, 1.165) is 17.7 Å². The topological polar surface area (TPSA) is 92.4 Å². The van der Waals surface area contributed by atoms with E-state index in [4.69, 9.17) is 4.42 Å². The standard InChI is InChI=1S/C25H20F2N2O4/c1-12-9-16(14(3)29-19-7-6-18(26)21(27)20(19)25(31)32)24-17(10-12)22(30)13(2)23(33-24)15-5-4-8-28-11-15/h4-11,14,29H,1-3H3,(H,31,32). The lowest BCUT2D eigenvalue weighted by Gasteiger charge is -2.20. The van der Waals surface area contributed by atoms with Crippen LogP contribution in [0.1, 0.15) is 40.0 Å². The predicted octanol–water partition coefficient (Wildman–Crippen LogP) is 5.62. The van der Waals surface area contributed by atoms with E-state index in [9.17, 15) is 23.5 Å². The molecule has 0 aliphatic carbocycles. The van der Waals surface area contributed by atoms with Crippen molar-refractivity contribution in [2.45, 2.75) is 26.8 Å². The minimum Gasteiger partial charge on any atom is -0.478 e. The van der Waals surface area contributed by atoms with Gasteiger partial charge in [-0.05, 0) is 56.7 Å². The molecule has 0 aliphatic heterocycles. The third kappa shape index (κ3) is 3.95. The number of hydrogen-bond donors (Lipinski definition) is 2. The molecule has 2 N–H and O–H groups in total. The normalized spacial score (nSPS) is 12.0. The van der Waals surface area contributed by atoms with Crippen LogP contribution < -0.4 is 10.7 Å². The van der Waals surface area contributed by atoms with Crippen LogP contribution in [0.4, 0.5) is 14.5 Å². The molecule has 2 aromatic heterocycles. The molecule has 4 aromatic rings. The van der Waals surface area contributed by atoms with Gasteiger partial charge in [-0.25, -0.2) is 13.6 Å². The Morgan fingerprint density at radius 3 is 2.61 bits per heavy atom. The Hall–Kier alpha value is -4.07. The van der Waals surface area contributed by atoms with Crippen LogP contribution in [0.25, 0.3) is 22.3 Å². The molecule has 0 saturated heterocycles. The zero-order valence-electron chi connectivity index (χ0n) is 18.1. The van der Waals surface area contributed by atoms with Gasteiger partial charge in [-0.2, -0.15) is 0 Å². The second kappa shape index (κ2) is 8.46. The monoisotopic (exact) mass is 450 g/mol. The third-order valence-corrected chi connectivity index (χ3v) is 5.46. The smallest absolute Gasteiger partial charge is 0.340 e. The van der Waals surface area contributed by atoms with Crippen molar-refractivity contribution in [2.75, 3.05) is 5.32 Å². The van der Waals surface area contributed by atoms with Crippen molar-refractivity contribution in [3.63, 3.8) is 0 Å². The highest BCUT2D eigenvalue weighted by atomic mass is 19.2. The number of hydrogen-bond acceptors (Lipinski definition) is 5. The van der Waals surface area contributed by atoms with Gasteiger partial charge in [0.2, 0.25) is 0 Å². The van der Waals surface area contributed by atoms with E-state index in [-0.39, 0.29) is 11.1 Å². The van der Waals surface area contributed by atoms with E-state index in [1.165, 1.54) is 0 Å². The van der Waals surface area contributed by atoms with Crippen LogP contribution in [0.5, 0.6) is 0 Å². The number of carboxylic acids is 1. The Labute approximate surface area is 187 Å². The van der Waals surface area contributed by atoms with Gasteiger partial charge in [-0.1, -0.05) is 6.07 Å². The lowest BCUT2D eigenvalue weighted by molar-refractivity contribution is 0.0691. The summed E-state index contributed by atoms with van der Waals surface area (Å²) in [4.78, 5) is 28.8. The molecule has 2 heterocycles. The first-order chi connectivity index (χ1) is 15.7. The van der Waals surface area contributed by atoms with Gasteiger partial charge in [0.05, 0.1) is 17.1 Å². The Balaban J connectivity index is 1.90. The van der Waals surface area contributed by atoms with Crippen molar-refractivity contribution >= 4 is 22.6 Å². The SMILES string of the molecule is Cc1cc(C(C)Nc2ccc(F)c(F)c2C(=O)O)c2oc(-c3cccnc3)c(C)c(=O)c2c1. The van der Waals surface area contributed by atoms with Crippen LogP contribution in [-0.4, -0.2) is 16.1 Å². The third-order valence-electron chi connectivity index (χ3n) is 5.46. The molecule has 0 spiro atoms. The van der Waals surface area contributed by atoms with E-state index in [2.05, 4.69) is 10.3 Å². The lowest BCUT2D eigenvalue weighted by Crippen LogP contribution is -2.15. The molecule has 6 nitrogen and oxygen atoms in total. The summed E-state index contributed by atoms with van der Waals surface area (Å²) in [5.74, 6) is -3.93. The number of carbonyl (C=O) groups is 1. The molecule has 4 rings (SSSR count). The molecule has 1 unspecified atom stereocenters. The van der Waals surface area contributed by atoms with Crippen LogP contribution in [0, 0.1) is 25.5 Å². The quantitative estimate of drug-likeness (QED) is 0.410. The Kier molecular flexibility index (Phi) is 5.68. The number of nitrogens with zero attached hydrogens (tertiary/aromatic N) is 1. The number of nitrogens with one attached hydrogen (secondary N) is 1. The van der Waals surface area contributed by atoms with E-state index in [1.807, 2.05) is 6.92 Å². The van der Waals surface area contributed by atoms with E-state index >= 15 is 0 Å². The van der Waals surface area contributed by atoms with Crippen molar-refractivity contribution in [2.24, 2.45) is 0 Å². The lowest BCUT2D eigenvalue weighted by atomic mass is 9.98. The number of aryl methyl sites for hydroxylation is 1. The van der Waals surface area contributed by atoms with Gasteiger partial charge in [0.25, 0.3) is 0 Å². The molecule has 0 fully saturated rings. The van der Waals surface area contributed by atoms with E-state index < -0.39 is 29.2 Å². The van der Waals surface area contributed by atoms with E-state index in [0.29, 0.717) is 33.4 Å². The van der Waals surface area contributed by atoms with Gasteiger partial charge >= 0.3 is 5.97 Å². The predicted molar refractivity (Wildman–Crippen MR) is 121 cm³/mol. The molecular weight excluding hydrogens is 430 g/mol. The first kappa shape index (κ1) is 22.1. The van der Waals surface area contributed by atoms with Gasteiger partial charge in [-0.15, -0.1) is 0 Å². The summed E-state index contributed by atoms with van der Waals surface area (Å²) >= 11 is 0. The minimum absolute atomic E-state index is 0.0921. The fraction of sp³-hybridized carbons (Fsp3) is 0.160. The summed E-state index contributed by atoms with van der Waals surface area (Å²) in [6.45, 7) is 5.21. The molecule has 0 aliphatic rings. The molecule has 0 radical (unpaired) electrons. The number of carboxylic acid groups (broad SMARTS) is 1.